The zero-order chi connectivity index (χ0) is 19.5. The number of aliphatic imine (C=N–C) groups is 1. The van der Waals surface area contributed by atoms with Gasteiger partial charge in [-0.25, -0.2) is 4.99 Å². The Morgan fingerprint density at radius 2 is 2.00 bits per heavy atom. The van der Waals surface area contributed by atoms with E-state index in [1.807, 2.05) is 48.5 Å². The van der Waals surface area contributed by atoms with Crippen LogP contribution in [0.4, 0.5) is 5.69 Å². The molecule has 0 radical (unpaired) electrons. The van der Waals surface area contributed by atoms with Crippen molar-refractivity contribution in [1.82, 2.24) is 4.90 Å². The van der Waals surface area contributed by atoms with E-state index >= 15 is 0 Å². The Morgan fingerprint density at radius 1 is 1.25 bits per heavy atom. The van der Waals surface area contributed by atoms with Gasteiger partial charge >= 0.3 is 0 Å². The molecule has 1 fully saturated rings. The molecule has 2 aromatic carbocycles. The Hall–Kier alpha value is -2.29. The van der Waals surface area contributed by atoms with Crippen molar-refractivity contribution in [2.24, 2.45) is 4.99 Å². The number of amides is 1. The number of ether oxygens (including phenoxy) is 3. The van der Waals surface area contributed by atoms with Crippen LogP contribution in [0.5, 0.6) is 11.5 Å². The summed E-state index contributed by atoms with van der Waals surface area (Å²) >= 11 is 4.89. The number of rotatable bonds is 5. The zero-order valence-electron chi connectivity index (χ0n) is 15.1. The second-order valence-electron chi connectivity index (χ2n) is 6.02. The van der Waals surface area contributed by atoms with Crippen LogP contribution in [0.3, 0.4) is 0 Å². The predicted octanol–water partition coefficient (Wildman–Crippen LogP) is 4.43. The molecular formula is C20H17BrN2O4S. The lowest BCUT2D eigenvalue weighted by atomic mass is 10.2. The first-order valence-corrected chi connectivity index (χ1v) is 10.2. The normalized spacial score (nSPS) is 18.5. The van der Waals surface area contributed by atoms with E-state index in [9.17, 15) is 4.79 Å². The molecule has 0 saturated carbocycles. The topological polar surface area (TPSA) is 60.4 Å². The number of carbonyl (C=O) groups excluding carboxylic acids is 1. The Kier molecular flexibility index (Phi) is 5.70. The predicted molar refractivity (Wildman–Crippen MR) is 113 cm³/mol. The molecule has 2 heterocycles. The van der Waals surface area contributed by atoms with Crippen LogP contribution in [-0.2, 0) is 9.53 Å². The van der Waals surface area contributed by atoms with Crippen molar-refractivity contribution in [2.75, 3.05) is 27.1 Å². The van der Waals surface area contributed by atoms with Crippen LogP contribution in [0.25, 0.3) is 6.08 Å². The fraction of sp³-hybridized carbons (Fsp3) is 0.200. The summed E-state index contributed by atoms with van der Waals surface area (Å²) in [6, 6.07) is 13.3. The highest BCUT2D eigenvalue weighted by molar-refractivity contribution is 9.10. The standard InChI is InChI=1S/C20H17BrN2O4S/c1-25-8-7-23-19(24)18(28-20(23)22-14-5-3-2-4-6-14)10-13-9-16-17(11-15(13)21)27-12-26-16/h2-6,9-11H,7-8,12H2,1H3/b18-10-,22-20?. The van der Waals surface area contributed by atoms with Crippen molar-refractivity contribution in [2.45, 2.75) is 0 Å². The van der Waals surface area contributed by atoms with Gasteiger partial charge in [0.15, 0.2) is 16.7 Å². The number of hydrogen-bond donors (Lipinski definition) is 0. The summed E-state index contributed by atoms with van der Waals surface area (Å²) in [5.41, 5.74) is 1.64. The second kappa shape index (κ2) is 8.38. The minimum absolute atomic E-state index is 0.0960. The number of methoxy groups -OCH3 is 1. The molecule has 0 atom stereocenters. The summed E-state index contributed by atoms with van der Waals surface area (Å²) in [5, 5.41) is 0.636. The maximum absolute atomic E-state index is 13.0. The van der Waals surface area contributed by atoms with Crippen LogP contribution >= 0.6 is 27.7 Å². The summed E-state index contributed by atoms with van der Waals surface area (Å²) in [6.45, 7) is 1.07. The monoisotopic (exact) mass is 460 g/mol. The number of nitrogens with zero attached hydrogens (tertiary/aromatic N) is 2. The molecule has 0 unspecified atom stereocenters. The first kappa shape index (κ1) is 19.0. The van der Waals surface area contributed by atoms with Crippen LogP contribution in [0.2, 0.25) is 0 Å². The molecule has 4 rings (SSSR count). The van der Waals surface area contributed by atoms with E-state index in [4.69, 9.17) is 14.2 Å². The number of benzene rings is 2. The number of para-hydroxylation sites is 1. The van der Waals surface area contributed by atoms with Gasteiger partial charge in [0.1, 0.15) is 0 Å². The maximum Gasteiger partial charge on any atom is 0.266 e. The van der Waals surface area contributed by atoms with E-state index in [1.165, 1.54) is 11.8 Å². The third-order valence-corrected chi connectivity index (χ3v) is 5.86. The van der Waals surface area contributed by atoms with Crippen molar-refractivity contribution >= 4 is 50.5 Å². The molecule has 6 nitrogen and oxygen atoms in total. The summed E-state index contributed by atoms with van der Waals surface area (Å²) < 4.78 is 16.8. The fourth-order valence-electron chi connectivity index (χ4n) is 2.77. The van der Waals surface area contributed by atoms with E-state index in [2.05, 4.69) is 20.9 Å². The van der Waals surface area contributed by atoms with Gasteiger partial charge in [0, 0.05) is 11.6 Å². The first-order chi connectivity index (χ1) is 13.7. The van der Waals surface area contributed by atoms with E-state index in [-0.39, 0.29) is 12.7 Å². The van der Waals surface area contributed by atoms with Crippen LogP contribution < -0.4 is 9.47 Å². The molecule has 0 bridgehead atoms. The highest BCUT2D eigenvalue weighted by atomic mass is 79.9. The molecule has 0 aliphatic carbocycles. The molecule has 0 spiro atoms. The number of amidine groups is 1. The molecule has 28 heavy (non-hydrogen) atoms. The van der Waals surface area contributed by atoms with Crippen molar-refractivity contribution in [1.29, 1.82) is 0 Å². The van der Waals surface area contributed by atoms with Gasteiger partial charge in [-0.1, -0.05) is 34.1 Å². The van der Waals surface area contributed by atoms with Crippen molar-refractivity contribution in [3.8, 4) is 11.5 Å². The molecule has 8 heteroatoms. The van der Waals surface area contributed by atoms with Gasteiger partial charge in [0.25, 0.3) is 5.91 Å². The zero-order valence-corrected chi connectivity index (χ0v) is 17.5. The lowest BCUT2D eigenvalue weighted by Crippen LogP contribution is -2.32. The summed E-state index contributed by atoms with van der Waals surface area (Å²) in [7, 11) is 1.61. The lowest BCUT2D eigenvalue weighted by Gasteiger charge is -2.14. The molecule has 1 amide bonds. The first-order valence-electron chi connectivity index (χ1n) is 8.59. The third-order valence-electron chi connectivity index (χ3n) is 4.17. The van der Waals surface area contributed by atoms with Gasteiger partial charge in [0.05, 0.1) is 23.7 Å². The molecule has 2 aromatic rings. The van der Waals surface area contributed by atoms with E-state index in [0.29, 0.717) is 34.7 Å². The van der Waals surface area contributed by atoms with Gasteiger partial charge in [-0.2, -0.15) is 0 Å². The van der Waals surface area contributed by atoms with E-state index in [1.54, 1.807) is 12.0 Å². The smallest absolute Gasteiger partial charge is 0.266 e. The van der Waals surface area contributed by atoms with Gasteiger partial charge in [-0.3, -0.25) is 9.69 Å². The number of thioether (sulfide) groups is 1. The molecule has 1 saturated heterocycles. The Morgan fingerprint density at radius 3 is 2.75 bits per heavy atom. The lowest BCUT2D eigenvalue weighted by molar-refractivity contribution is -0.122. The van der Waals surface area contributed by atoms with Gasteiger partial charge < -0.3 is 14.2 Å². The SMILES string of the molecule is COCCN1C(=O)/C(=C/c2cc3c(cc2Br)OCO3)SC1=Nc1ccccc1. The molecule has 2 aliphatic heterocycles. The number of hydrogen-bond acceptors (Lipinski definition) is 6. The minimum atomic E-state index is -0.0960. The third kappa shape index (κ3) is 3.94. The Balaban J connectivity index is 1.67. The van der Waals surface area contributed by atoms with Crippen LogP contribution in [0, 0.1) is 0 Å². The molecular weight excluding hydrogens is 444 g/mol. The molecule has 0 N–H and O–H groups in total. The van der Waals surface area contributed by atoms with Gasteiger partial charge in [0.2, 0.25) is 6.79 Å². The van der Waals surface area contributed by atoms with E-state index < -0.39 is 0 Å². The fourth-order valence-corrected chi connectivity index (χ4v) is 4.22. The maximum atomic E-state index is 13.0. The summed E-state index contributed by atoms with van der Waals surface area (Å²) in [6.07, 6.45) is 1.84. The second-order valence-corrected chi connectivity index (χ2v) is 7.88. The summed E-state index contributed by atoms with van der Waals surface area (Å²) in [4.78, 5) is 19.9. The highest BCUT2D eigenvalue weighted by Gasteiger charge is 2.33. The van der Waals surface area contributed by atoms with Gasteiger partial charge in [-0.05, 0) is 47.7 Å². The molecule has 0 aromatic heterocycles. The Labute approximate surface area is 175 Å². The number of halogens is 1. The van der Waals surface area contributed by atoms with Crippen LogP contribution in [-0.4, -0.2) is 43.0 Å². The summed E-state index contributed by atoms with van der Waals surface area (Å²) in [5.74, 6) is 1.26. The minimum Gasteiger partial charge on any atom is -0.454 e. The van der Waals surface area contributed by atoms with E-state index in [0.717, 1.165) is 15.7 Å². The Bertz CT molecular complexity index is 962. The average molecular weight is 461 g/mol. The van der Waals surface area contributed by atoms with Crippen molar-refractivity contribution in [3.05, 3.63) is 57.4 Å². The van der Waals surface area contributed by atoms with Gasteiger partial charge in [-0.15, -0.1) is 0 Å². The van der Waals surface area contributed by atoms with Crippen molar-refractivity contribution in [3.63, 3.8) is 0 Å². The highest BCUT2D eigenvalue weighted by Crippen LogP contribution is 2.40. The van der Waals surface area contributed by atoms with Crippen LogP contribution in [0.1, 0.15) is 5.56 Å². The number of carbonyl (C=O) groups is 1. The number of fused-ring (bicyclic) bond motifs is 1. The molecule has 2 aliphatic rings. The largest absolute Gasteiger partial charge is 0.454 e. The van der Waals surface area contributed by atoms with Crippen molar-refractivity contribution < 1.29 is 19.0 Å². The molecule has 144 valence electrons. The van der Waals surface area contributed by atoms with Crippen LogP contribution in [0.15, 0.2) is 56.8 Å². The quantitative estimate of drug-likeness (QED) is 0.617. The average Bonchev–Trinajstić information content (AvgIpc) is 3.26.